The van der Waals surface area contributed by atoms with Crippen LogP contribution in [0.3, 0.4) is 0 Å². The molecule has 1 aromatic carbocycles. The third kappa shape index (κ3) is 4.12. The van der Waals surface area contributed by atoms with E-state index in [1.54, 1.807) is 11.0 Å². The maximum atomic E-state index is 13.0. The van der Waals surface area contributed by atoms with E-state index in [1.807, 2.05) is 4.90 Å². The molecule has 1 aliphatic carbocycles. The fourth-order valence-corrected chi connectivity index (χ4v) is 3.48. The normalized spacial score (nSPS) is 20.2. The quantitative estimate of drug-likeness (QED) is 0.714. The first-order chi connectivity index (χ1) is 12.0. The molecule has 0 spiro atoms. The van der Waals surface area contributed by atoms with Crippen molar-refractivity contribution in [3.8, 4) is 0 Å². The Labute approximate surface area is 150 Å². The van der Waals surface area contributed by atoms with Gasteiger partial charge in [-0.1, -0.05) is 44.2 Å². The number of nitrogens with zero attached hydrogens (tertiary/aromatic N) is 2. The number of rotatable bonds is 7. The molecule has 0 N–H and O–H groups in total. The van der Waals surface area contributed by atoms with Gasteiger partial charge in [-0.15, -0.1) is 6.58 Å². The lowest BCUT2D eigenvalue weighted by Gasteiger charge is -2.26. The lowest BCUT2D eigenvalue weighted by molar-refractivity contribution is -0.137. The molecule has 1 atom stereocenters. The van der Waals surface area contributed by atoms with Crippen LogP contribution >= 0.6 is 0 Å². The van der Waals surface area contributed by atoms with Gasteiger partial charge in [0.05, 0.1) is 5.92 Å². The highest BCUT2D eigenvalue weighted by molar-refractivity contribution is 5.89. The van der Waals surface area contributed by atoms with E-state index >= 15 is 0 Å². The van der Waals surface area contributed by atoms with Gasteiger partial charge in [0.1, 0.15) is 0 Å². The zero-order valence-corrected chi connectivity index (χ0v) is 15.3. The Hall–Kier alpha value is -2.10. The van der Waals surface area contributed by atoms with Crippen molar-refractivity contribution < 1.29 is 9.59 Å². The summed E-state index contributed by atoms with van der Waals surface area (Å²) in [6, 6.07) is 8.91. The molecule has 4 nitrogen and oxygen atoms in total. The van der Waals surface area contributed by atoms with Crippen molar-refractivity contribution in [3.63, 3.8) is 0 Å². The summed E-state index contributed by atoms with van der Waals surface area (Å²) in [5.41, 5.74) is 2.48. The van der Waals surface area contributed by atoms with Crippen molar-refractivity contribution in [3.05, 3.63) is 48.0 Å². The molecule has 1 saturated heterocycles. The molecule has 134 valence electrons. The minimum atomic E-state index is -0.206. The van der Waals surface area contributed by atoms with Crippen LogP contribution in [0.2, 0.25) is 0 Å². The van der Waals surface area contributed by atoms with Crippen molar-refractivity contribution in [2.45, 2.75) is 51.6 Å². The number of carbonyl (C=O) groups excluding carboxylic acids is 2. The van der Waals surface area contributed by atoms with Gasteiger partial charge in [0.15, 0.2) is 0 Å². The Bertz CT molecular complexity index is 646. The Balaban J connectivity index is 1.68. The summed E-state index contributed by atoms with van der Waals surface area (Å²) < 4.78 is 0. The van der Waals surface area contributed by atoms with Gasteiger partial charge < -0.3 is 9.80 Å². The van der Waals surface area contributed by atoms with Crippen molar-refractivity contribution in [1.82, 2.24) is 9.80 Å². The molecule has 1 unspecified atom stereocenters. The Morgan fingerprint density at radius 1 is 1.32 bits per heavy atom. The minimum Gasteiger partial charge on any atom is -0.338 e. The molecule has 4 heteroatoms. The highest BCUT2D eigenvalue weighted by atomic mass is 16.2. The molecule has 2 amide bonds. The Kier molecular flexibility index (Phi) is 5.26. The summed E-state index contributed by atoms with van der Waals surface area (Å²) in [6.45, 7) is 9.76. The molecule has 25 heavy (non-hydrogen) atoms. The summed E-state index contributed by atoms with van der Waals surface area (Å²) in [6.07, 6.45) is 4.21. The number of hydrogen-bond acceptors (Lipinski definition) is 2. The van der Waals surface area contributed by atoms with Crippen LogP contribution in [0, 0.1) is 5.92 Å². The maximum absolute atomic E-state index is 13.0. The van der Waals surface area contributed by atoms with E-state index in [2.05, 4.69) is 44.7 Å². The predicted octanol–water partition coefficient (Wildman–Crippen LogP) is 3.34. The Morgan fingerprint density at radius 2 is 2.00 bits per heavy atom. The Morgan fingerprint density at radius 3 is 2.56 bits per heavy atom. The van der Waals surface area contributed by atoms with Gasteiger partial charge in [0.2, 0.25) is 11.8 Å². The summed E-state index contributed by atoms with van der Waals surface area (Å²) in [7, 11) is 0. The van der Waals surface area contributed by atoms with Crippen LogP contribution in [0.4, 0.5) is 0 Å². The predicted molar refractivity (Wildman–Crippen MR) is 99.0 cm³/mol. The molecule has 1 heterocycles. The molecule has 1 aromatic rings. The second-order valence-corrected chi connectivity index (χ2v) is 7.58. The zero-order valence-electron chi connectivity index (χ0n) is 15.3. The third-order valence-corrected chi connectivity index (χ3v) is 5.18. The third-order valence-electron chi connectivity index (χ3n) is 5.18. The molecule has 3 rings (SSSR count). The molecular formula is C21H28N2O2. The van der Waals surface area contributed by atoms with Crippen LogP contribution in [0.15, 0.2) is 36.9 Å². The fourth-order valence-electron chi connectivity index (χ4n) is 3.48. The van der Waals surface area contributed by atoms with E-state index in [0.29, 0.717) is 38.0 Å². The van der Waals surface area contributed by atoms with E-state index in [4.69, 9.17) is 0 Å². The van der Waals surface area contributed by atoms with Crippen molar-refractivity contribution in [2.75, 3.05) is 13.1 Å². The molecule has 0 aromatic heterocycles. The topological polar surface area (TPSA) is 40.6 Å². The van der Waals surface area contributed by atoms with E-state index < -0.39 is 0 Å². The van der Waals surface area contributed by atoms with Gasteiger partial charge in [0.25, 0.3) is 0 Å². The monoisotopic (exact) mass is 340 g/mol. The van der Waals surface area contributed by atoms with Crippen LogP contribution in [0.1, 0.15) is 50.2 Å². The van der Waals surface area contributed by atoms with Crippen molar-refractivity contribution in [2.24, 2.45) is 5.92 Å². The number of carbonyl (C=O) groups is 2. The molecule has 1 saturated carbocycles. The van der Waals surface area contributed by atoms with Crippen molar-refractivity contribution >= 4 is 11.8 Å². The summed E-state index contributed by atoms with van der Waals surface area (Å²) >= 11 is 0. The highest BCUT2D eigenvalue weighted by Gasteiger charge is 2.40. The second-order valence-electron chi connectivity index (χ2n) is 7.58. The average molecular weight is 340 g/mol. The molecule has 2 aliphatic rings. The van der Waals surface area contributed by atoms with E-state index in [0.717, 1.165) is 18.4 Å². The number of amides is 2. The van der Waals surface area contributed by atoms with Crippen LogP contribution in [-0.2, 0) is 16.1 Å². The van der Waals surface area contributed by atoms with Gasteiger partial charge >= 0.3 is 0 Å². The first kappa shape index (κ1) is 17.7. The van der Waals surface area contributed by atoms with Gasteiger partial charge in [-0.2, -0.15) is 0 Å². The molecule has 0 bridgehead atoms. The maximum Gasteiger partial charge on any atom is 0.228 e. The minimum absolute atomic E-state index is 0.0651. The summed E-state index contributed by atoms with van der Waals surface area (Å²) in [5, 5.41) is 0. The summed E-state index contributed by atoms with van der Waals surface area (Å²) in [4.78, 5) is 28.8. The smallest absolute Gasteiger partial charge is 0.228 e. The SMILES string of the molecule is C=CCN1CC(C(=O)N(Cc2ccc(C(C)C)cc2)C2CC2)CC1=O. The first-order valence-corrected chi connectivity index (χ1v) is 9.27. The van der Waals surface area contributed by atoms with Crippen LogP contribution in [0.25, 0.3) is 0 Å². The molecule has 1 aliphatic heterocycles. The average Bonchev–Trinajstić information content (AvgIpc) is 3.37. The highest BCUT2D eigenvalue weighted by Crippen LogP contribution is 2.32. The molecular weight excluding hydrogens is 312 g/mol. The lowest BCUT2D eigenvalue weighted by atomic mass is 10.0. The lowest BCUT2D eigenvalue weighted by Crippen LogP contribution is -2.38. The van der Waals surface area contributed by atoms with Crippen LogP contribution in [-0.4, -0.2) is 40.7 Å². The van der Waals surface area contributed by atoms with Crippen molar-refractivity contribution in [1.29, 1.82) is 0 Å². The standard InChI is InChI=1S/C21H28N2O2/c1-4-11-22-14-18(12-20(22)24)21(25)23(19-9-10-19)13-16-5-7-17(8-6-16)15(2)3/h4-8,15,18-19H,1,9-14H2,2-3H3. The van der Waals surface area contributed by atoms with E-state index in [1.165, 1.54) is 5.56 Å². The van der Waals surface area contributed by atoms with Gasteiger partial charge in [0, 0.05) is 32.1 Å². The zero-order chi connectivity index (χ0) is 18.0. The number of benzene rings is 1. The molecule has 2 fully saturated rings. The number of hydrogen-bond donors (Lipinski definition) is 0. The molecule has 0 radical (unpaired) electrons. The van der Waals surface area contributed by atoms with Gasteiger partial charge in [-0.3, -0.25) is 9.59 Å². The van der Waals surface area contributed by atoms with Gasteiger partial charge in [-0.05, 0) is 29.9 Å². The van der Waals surface area contributed by atoms with Crippen LogP contribution in [0.5, 0.6) is 0 Å². The number of likely N-dealkylation sites (tertiary alicyclic amines) is 1. The fraction of sp³-hybridized carbons (Fsp3) is 0.524. The van der Waals surface area contributed by atoms with E-state index in [9.17, 15) is 9.59 Å². The largest absolute Gasteiger partial charge is 0.338 e. The van der Waals surface area contributed by atoms with Gasteiger partial charge in [-0.25, -0.2) is 0 Å². The summed E-state index contributed by atoms with van der Waals surface area (Å²) in [5.74, 6) is 0.504. The van der Waals surface area contributed by atoms with E-state index in [-0.39, 0.29) is 17.7 Å². The second kappa shape index (κ2) is 7.42. The first-order valence-electron chi connectivity index (χ1n) is 9.27. The van der Waals surface area contributed by atoms with Crippen LogP contribution < -0.4 is 0 Å².